The number of hydrogen-bond acceptors (Lipinski definition) is 7. The van der Waals surface area contributed by atoms with E-state index >= 15 is 0 Å². The highest BCUT2D eigenvalue weighted by atomic mass is 16.6. The summed E-state index contributed by atoms with van der Waals surface area (Å²) in [5.41, 5.74) is 0. The molecule has 0 saturated carbocycles. The van der Waals surface area contributed by atoms with Gasteiger partial charge in [0.15, 0.2) is 0 Å². The van der Waals surface area contributed by atoms with E-state index in [2.05, 4.69) is 0 Å². The molecule has 0 aromatic carbocycles. The zero-order valence-electron chi connectivity index (χ0n) is 12.7. The van der Waals surface area contributed by atoms with Crippen molar-refractivity contribution in [3.05, 3.63) is 0 Å². The molecular weight excluding hydrogens is 280 g/mol. The molecule has 0 spiro atoms. The Morgan fingerprint density at radius 3 is 1.52 bits per heavy atom. The van der Waals surface area contributed by atoms with Crippen LogP contribution in [0.1, 0.15) is 6.42 Å². The molecule has 1 N–H and O–H groups in total. The number of aliphatic hydroxyl groups excluding tert-OH is 1. The quantitative estimate of drug-likeness (QED) is 0.760. The first-order valence-corrected chi connectivity index (χ1v) is 7.54. The van der Waals surface area contributed by atoms with Crippen molar-refractivity contribution in [2.45, 2.75) is 12.5 Å². The van der Waals surface area contributed by atoms with Crippen LogP contribution in [0.15, 0.2) is 0 Å². The molecule has 0 radical (unpaired) electrons. The summed E-state index contributed by atoms with van der Waals surface area (Å²) in [5.74, 6) is 0. The van der Waals surface area contributed by atoms with Crippen LogP contribution in [-0.4, -0.2) is 90.5 Å². The van der Waals surface area contributed by atoms with Crippen molar-refractivity contribution in [3.8, 4) is 0 Å². The third-order valence-corrected chi connectivity index (χ3v) is 2.82. The van der Waals surface area contributed by atoms with Crippen LogP contribution in [0.4, 0.5) is 0 Å². The molecule has 1 heterocycles. The van der Waals surface area contributed by atoms with Gasteiger partial charge in [-0.25, -0.2) is 0 Å². The highest BCUT2D eigenvalue weighted by molar-refractivity contribution is 4.56. The summed E-state index contributed by atoms with van der Waals surface area (Å²) in [7, 11) is 0. The summed E-state index contributed by atoms with van der Waals surface area (Å²) in [6.07, 6.45) is 0.440. The average molecular weight is 308 g/mol. The van der Waals surface area contributed by atoms with Crippen molar-refractivity contribution in [1.29, 1.82) is 0 Å². The third-order valence-electron chi connectivity index (χ3n) is 2.82. The van der Waals surface area contributed by atoms with Crippen molar-refractivity contribution in [2.75, 3.05) is 79.3 Å². The van der Waals surface area contributed by atoms with Gasteiger partial charge >= 0.3 is 0 Å². The molecule has 0 bridgehead atoms. The Bertz CT molecular complexity index is 197. The molecule has 7 nitrogen and oxygen atoms in total. The fraction of sp³-hybridized carbons (Fsp3) is 1.00. The van der Waals surface area contributed by atoms with Crippen molar-refractivity contribution in [1.82, 2.24) is 0 Å². The predicted octanol–water partition coefficient (Wildman–Crippen LogP) is -0.149. The molecule has 1 atom stereocenters. The van der Waals surface area contributed by atoms with E-state index in [1.165, 1.54) is 0 Å². The van der Waals surface area contributed by atoms with Crippen LogP contribution >= 0.6 is 0 Å². The van der Waals surface area contributed by atoms with Gasteiger partial charge in [-0.1, -0.05) is 0 Å². The van der Waals surface area contributed by atoms with Crippen molar-refractivity contribution in [2.24, 2.45) is 0 Å². The lowest BCUT2D eigenvalue weighted by Gasteiger charge is -2.17. The Labute approximate surface area is 126 Å². The van der Waals surface area contributed by atoms with Gasteiger partial charge < -0.3 is 33.5 Å². The smallest absolute Gasteiger partial charge is 0.0831 e. The fourth-order valence-electron chi connectivity index (χ4n) is 1.73. The van der Waals surface area contributed by atoms with Crippen LogP contribution in [0.3, 0.4) is 0 Å². The summed E-state index contributed by atoms with van der Waals surface area (Å²) in [6, 6.07) is 0. The average Bonchev–Trinajstić information content (AvgIpc) is 2.49. The second kappa shape index (κ2) is 14.6. The highest BCUT2D eigenvalue weighted by Crippen LogP contribution is 1.99. The lowest BCUT2D eigenvalue weighted by molar-refractivity contribution is -0.0654. The Kier molecular flexibility index (Phi) is 13.1. The predicted molar refractivity (Wildman–Crippen MR) is 75.5 cm³/mol. The summed E-state index contributed by atoms with van der Waals surface area (Å²) < 4.78 is 32.6. The molecular formula is C14H28O7. The first kappa shape index (κ1) is 18.8. The van der Waals surface area contributed by atoms with Gasteiger partial charge in [-0.2, -0.15) is 0 Å². The Balaban J connectivity index is 2.18. The minimum absolute atomic E-state index is 0.0799. The SMILES string of the molecule is OCCC1COCCOCCOCCOCCOCCO1. The molecule has 21 heavy (non-hydrogen) atoms. The summed E-state index contributed by atoms with van der Waals surface area (Å²) in [6.45, 7) is 5.83. The van der Waals surface area contributed by atoms with Gasteiger partial charge in [0, 0.05) is 6.61 Å². The molecule has 1 rings (SSSR count). The summed E-state index contributed by atoms with van der Waals surface area (Å²) in [4.78, 5) is 0. The molecule has 0 aliphatic carbocycles. The van der Waals surface area contributed by atoms with E-state index < -0.39 is 0 Å². The number of ether oxygens (including phenoxy) is 6. The van der Waals surface area contributed by atoms with Gasteiger partial charge in [0.2, 0.25) is 0 Å². The van der Waals surface area contributed by atoms with Crippen LogP contribution in [0, 0.1) is 0 Å². The summed E-state index contributed by atoms with van der Waals surface area (Å²) in [5, 5.41) is 8.99. The lowest BCUT2D eigenvalue weighted by Crippen LogP contribution is -2.25. The molecule has 126 valence electrons. The molecule has 0 aromatic heterocycles. The van der Waals surface area contributed by atoms with Gasteiger partial charge in [0.05, 0.1) is 78.8 Å². The molecule has 1 aliphatic heterocycles. The molecule has 1 saturated heterocycles. The van der Waals surface area contributed by atoms with Crippen molar-refractivity contribution < 1.29 is 33.5 Å². The number of hydrogen-bond donors (Lipinski definition) is 1. The Hall–Kier alpha value is -0.280. The zero-order chi connectivity index (χ0) is 15.0. The van der Waals surface area contributed by atoms with Gasteiger partial charge in [0.25, 0.3) is 0 Å². The monoisotopic (exact) mass is 308 g/mol. The van der Waals surface area contributed by atoms with E-state index in [1.54, 1.807) is 0 Å². The van der Waals surface area contributed by atoms with Crippen LogP contribution in [0.5, 0.6) is 0 Å². The topological polar surface area (TPSA) is 75.6 Å². The number of aliphatic hydroxyl groups is 1. The van der Waals surface area contributed by atoms with Gasteiger partial charge in [0.1, 0.15) is 0 Å². The molecule has 1 unspecified atom stereocenters. The second-order valence-electron chi connectivity index (χ2n) is 4.53. The molecule has 1 aliphatic rings. The van der Waals surface area contributed by atoms with Gasteiger partial charge in [-0.15, -0.1) is 0 Å². The van der Waals surface area contributed by atoms with Gasteiger partial charge in [-0.05, 0) is 6.42 Å². The zero-order valence-corrected chi connectivity index (χ0v) is 12.7. The van der Waals surface area contributed by atoms with Crippen LogP contribution in [0.2, 0.25) is 0 Å². The second-order valence-corrected chi connectivity index (χ2v) is 4.53. The van der Waals surface area contributed by atoms with E-state index in [1.807, 2.05) is 0 Å². The lowest BCUT2D eigenvalue weighted by atomic mass is 10.3. The molecule has 1 fully saturated rings. The maximum absolute atomic E-state index is 8.99. The van der Waals surface area contributed by atoms with Gasteiger partial charge in [-0.3, -0.25) is 0 Å². The Morgan fingerprint density at radius 2 is 1.05 bits per heavy atom. The third kappa shape index (κ3) is 12.0. The first-order chi connectivity index (χ1) is 10.4. The molecule has 0 aromatic rings. The van der Waals surface area contributed by atoms with Crippen LogP contribution < -0.4 is 0 Å². The largest absolute Gasteiger partial charge is 0.396 e. The van der Waals surface area contributed by atoms with E-state index in [0.29, 0.717) is 79.1 Å². The van der Waals surface area contributed by atoms with E-state index in [4.69, 9.17) is 33.5 Å². The van der Waals surface area contributed by atoms with E-state index in [0.717, 1.165) is 0 Å². The van der Waals surface area contributed by atoms with Crippen molar-refractivity contribution >= 4 is 0 Å². The van der Waals surface area contributed by atoms with Crippen LogP contribution in [0.25, 0.3) is 0 Å². The normalized spacial score (nSPS) is 25.9. The Morgan fingerprint density at radius 1 is 0.619 bits per heavy atom. The van der Waals surface area contributed by atoms with E-state index in [9.17, 15) is 0 Å². The standard InChI is InChI=1S/C14H28O7/c15-2-1-14-13-20-10-9-18-6-5-16-3-4-17-7-8-19-11-12-21-14/h14-15H,1-13H2. The maximum atomic E-state index is 8.99. The first-order valence-electron chi connectivity index (χ1n) is 7.54. The minimum atomic E-state index is -0.114. The molecule has 0 amide bonds. The molecule has 7 heteroatoms. The fourth-order valence-corrected chi connectivity index (χ4v) is 1.73. The van der Waals surface area contributed by atoms with Crippen LogP contribution in [-0.2, 0) is 28.4 Å². The number of rotatable bonds is 2. The highest BCUT2D eigenvalue weighted by Gasteiger charge is 2.09. The van der Waals surface area contributed by atoms with E-state index in [-0.39, 0.29) is 12.7 Å². The summed E-state index contributed by atoms with van der Waals surface area (Å²) >= 11 is 0. The minimum Gasteiger partial charge on any atom is -0.396 e. The van der Waals surface area contributed by atoms with Crippen molar-refractivity contribution in [3.63, 3.8) is 0 Å². The maximum Gasteiger partial charge on any atom is 0.0831 e.